The minimum atomic E-state index is -0.450. The van der Waals surface area contributed by atoms with Crippen molar-refractivity contribution in [2.75, 3.05) is 0 Å². The summed E-state index contributed by atoms with van der Waals surface area (Å²) >= 11 is 0. The maximum absolute atomic E-state index is 11.2. The molecule has 1 atom stereocenters. The zero-order chi connectivity index (χ0) is 11.1. The van der Waals surface area contributed by atoms with Gasteiger partial charge in [0.15, 0.2) is 0 Å². The fourth-order valence-electron chi connectivity index (χ4n) is 1.14. The van der Waals surface area contributed by atoms with Crippen LogP contribution in [0, 0.1) is 0 Å². The maximum atomic E-state index is 11.2. The van der Waals surface area contributed by atoms with Crippen molar-refractivity contribution in [2.45, 2.75) is 32.5 Å². The molecule has 82 valence electrons. The lowest BCUT2D eigenvalue weighted by Gasteiger charge is -2.05. The second-order valence-electron chi connectivity index (χ2n) is 3.53. The highest BCUT2D eigenvalue weighted by molar-refractivity contribution is 5.69. The second kappa shape index (κ2) is 6.19. The number of esters is 1. The van der Waals surface area contributed by atoms with Crippen LogP contribution in [-0.4, -0.2) is 17.2 Å². The van der Waals surface area contributed by atoms with E-state index in [2.05, 4.69) is 0 Å². The van der Waals surface area contributed by atoms with Crippen LogP contribution in [0.1, 0.15) is 25.3 Å². The van der Waals surface area contributed by atoms with E-state index in [1.807, 2.05) is 30.3 Å². The summed E-state index contributed by atoms with van der Waals surface area (Å²) in [6, 6.07) is 9.53. The monoisotopic (exact) mass is 208 g/mol. The van der Waals surface area contributed by atoms with Gasteiger partial charge in [0.25, 0.3) is 0 Å². The van der Waals surface area contributed by atoms with E-state index in [9.17, 15) is 4.79 Å². The number of aliphatic hydroxyl groups is 1. The van der Waals surface area contributed by atoms with Crippen LogP contribution in [0.3, 0.4) is 0 Å². The van der Waals surface area contributed by atoms with Crippen molar-refractivity contribution < 1.29 is 14.6 Å². The SMILES string of the molecule is C[C@@H](O)CCC(=O)OCc1ccccc1. The summed E-state index contributed by atoms with van der Waals surface area (Å²) in [6.07, 6.45) is 0.271. The van der Waals surface area contributed by atoms with Crippen LogP contribution in [0.15, 0.2) is 30.3 Å². The van der Waals surface area contributed by atoms with Crippen molar-refractivity contribution in [2.24, 2.45) is 0 Å². The quantitative estimate of drug-likeness (QED) is 0.752. The molecule has 0 radical (unpaired) electrons. The number of carbonyl (C=O) groups is 1. The third kappa shape index (κ3) is 5.18. The van der Waals surface area contributed by atoms with Gasteiger partial charge in [0.2, 0.25) is 0 Å². The molecule has 1 aromatic carbocycles. The highest BCUT2D eigenvalue weighted by atomic mass is 16.5. The van der Waals surface area contributed by atoms with Gasteiger partial charge in [0.1, 0.15) is 6.61 Å². The molecule has 0 aromatic heterocycles. The molecule has 0 amide bonds. The van der Waals surface area contributed by atoms with Gasteiger partial charge in [0, 0.05) is 6.42 Å². The van der Waals surface area contributed by atoms with Crippen molar-refractivity contribution in [3.8, 4) is 0 Å². The standard InChI is InChI=1S/C12H16O3/c1-10(13)7-8-12(14)15-9-11-5-3-2-4-6-11/h2-6,10,13H,7-9H2,1H3/t10-/m1/s1. The molecular weight excluding hydrogens is 192 g/mol. The predicted molar refractivity (Wildman–Crippen MR) is 57.2 cm³/mol. The molecule has 0 saturated heterocycles. The van der Waals surface area contributed by atoms with Crippen LogP contribution < -0.4 is 0 Å². The number of rotatable bonds is 5. The highest BCUT2D eigenvalue weighted by Gasteiger charge is 2.05. The largest absolute Gasteiger partial charge is 0.461 e. The third-order valence-electron chi connectivity index (χ3n) is 2.01. The van der Waals surface area contributed by atoms with Crippen LogP contribution in [-0.2, 0) is 16.1 Å². The van der Waals surface area contributed by atoms with Crippen LogP contribution >= 0.6 is 0 Å². The average Bonchev–Trinajstić information content (AvgIpc) is 2.25. The summed E-state index contributed by atoms with van der Waals surface area (Å²) in [5.74, 6) is -0.264. The molecule has 0 aliphatic heterocycles. The lowest BCUT2D eigenvalue weighted by Crippen LogP contribution is -2.08. The number of hydrogen-bond donors (Lipinski definition) is 1. The van der Waals surface area contributed by atoms with E-state index in [0.717, 1.165) is 5.56 Å². The molecule has 1 N–H and O–H groups in total. The van der Waals surface area contributed by atoms with Gasteiger partial charge in [-0.15, -0.1) is 0 Å². The van der Waals surface area contributed by atoms with Crippen LogP contribution in [0.4, 0.5) is 0 Å². The molecule has 0 bridgehead atoms. The highest BCUT2D eigenvalue weighted by Crippen LogP contribution is 2.03. The summed E-state index contributed by atoms with van der Waals surface area (Å²) in [4.78, 5) is 11.2. The molecule has 1 rings (SSSR count). The zero-order valence-electron chi connectivity index (χ0n) is 8.85. The molecule has 3 nitrogen and oxygen atoms in total. The molecule has 3 heteroatoms. The van der Waals surface area contributed by atoms with Crippen LogP contribution in [0.2, 0.25) is 0 Å². The minimum absolute atomic E-state index is 0.264. The Morgan fingerprint density at radius 2 is 2.07 bits per heavy atom. The van der Waals surface area contributed by atoms with Gasteiger partial charge >= 0.3 is 5.97 Å². The summed E-state index contributed by atoms with van der Waals surface area (Å²) < 4.78 is 5.03. The third-order valence-corrected chi connectivity index (χ3v) is 2.01. The zero-order valence-corrected chi connectivity index (χ0v) is 8.85. The van der Waals surface area contributed by atoms with E-state index in [1.54, 1.807) is 6.92 Å². The number of benzene rings is 1. The molecule has 0 aliphatic rings. The number of ether oxygens (including phenoxy) is 1. The Hall–Kier alpha value is -1.35. The van der Waals surface area contributed by atoms with Gasteiger partial charge in [-0.1, -0.05) is 30.3 Å². The molecule has 0 fully saturated rings. The van der Waals surface area contributed by atoms with Gasteiger partial charge in [-0.05, 0) is 18.9 Å². The van der Waals surface area contributed by atoms with Gasteiger partial charge in [-0.25, -0.2) is 0 Å². The summed E-state index contributed by atoms with van der Waals surface area (Å²) in [6.45, 7) is 1.96. The van der Waals surface area contributed by atoms with Crippen LogP contribution in [0.25, 0.3) is 0 Å². The topological polar surface area (TPSA) is 46.5 Å². The first-order chi connectivity index (χ1) is 7.18. The first-order valence-corrected chi connectivity index (χ1v) is 5.06. The molecule has 15 heavy (non-hydrogen) atoms. The Balaban J connectivity index is 2.23. The summed E-state index contributed by atoms with van der Waals surface area (Å²) in [5, 5.41) is 8.98. The molecule has 0 saturated carbocycles. The Kier molecular flexibility index (Phi) is 4.84. The molecular formula is C12H16O3. The van der Waals surface area contributed by atoms with Crippen molar-refractivity contribution in [1.82, 2.24) is 0 Å². The number of hydrogen-bond acceptors (Lipinski definition) is 3. The fraction of sp³-hybridized carbons (Fsp3) is 0.417. The normalized spacial score (nSPS) is 12.1. The number of carbonyl (C=O) groups excluding carboxylic acids is 1. The molecule has 1 aromatic rings. The molecule has 0 unspecified atom stereocenters. The summed E-state index contributed by atoms with van der Waals surface area (Å²) in [7, 11) is 0. The first kappa shape index (κ1) is 11.7. The minimum Gasteiger partial charge on any atom is -0.461 e. The Bertz CT molecular complexity index is 293. The van der Waals surface area contributed by atoms with Crippen molar-refractivity contribution in [3.05, 3.63) is 35.9 Å². The molecule has 0 aliphatic carbocycles. The van der Waals surface area contributed by atoms with Gasteiger partial charge in [-0.2, -0.15) is 0 Å². The van der Waals surface area contributed by atoms with Crippen molar-refractivity contribution >= 4 is 5.97 Å². The lowest BCUT2D eigenvalue weighted by molar-refractivity contribution is -0.145. The van der Waals surface area contributed by atoms with E-state index >= 15 is 0 Å². The maximum Gasteiger partial charge on any atom is 0.306 e. The van der Waals surface area contributed by atoms with Crippen molar-refractivity contribution in [1.29, 1.82) is 0 Å². The first-order valence-electron chi connectivity index (χ1n) is 5.06. The average molecular weight is 208 g/mol. The second-order valence-corrected chi connectivity index (χ2v) is 3.53. The van der Waals surface area contributed by atoms with E-state index in [0.29, 0.717) is 13.0 Å². The van der Waals surface area contributed by atoms with Gasteiger partial charge < -0.3 is 9.84 Å². The molecule has 0 heterocycles. The van der Waals surface area contributed by atoms with Gasteiger partial charge in [-0.3, -0.25) is 4.79 Å². The van der Waals surface area contributed by atoms with Gasteiger partial charge in [0.05, 0.1) is 6.10 Å². The number of aliphatic hydroxyl groups excluding tert-OH is 1. The van der Waals surface area contributed by atoms with E-state index in [1.165, 1.54) is 0 Å². The summed E-state index contributed by atoms with van der Waals surface area (Å²) in [5.41, 5.74) is 0.975. The fourth-order valence-corrected chi connectivity index (χ4v) is 1.14. The predicted octanol–water partition coefficient (Wildman–Crippen LogP) is 1.89. The lowest BCUT2D eigenvalue weighted by atomic mass is 10.2. The van der Waals surface area contributed by atoms with E-state index < -0.39 is 6.10 Å². The van der Waals surface area contributed by atoms with Crippen LogP contribution in [0.5, 0.6) is 0 Å². The Morgan fingerprint density at radius 3 is 2.67 bits per heavy atom. The molecule has 0 spiro atoms. The van der Waals surface area contributed by atoms with E-state index in [4.69, 9.17) is 9.84 Å². The van der Waals surface area contributed by atoms with E-state index in [-0.39, 0.29) is 12.4 Å². The van der Waals surface area contributed by atoms with Crippen molar-refractivity contribution in [3.63, 3.8) is 0 Å². The Labute approximate surface area is 89.7 Å². The smallest absolute Gasteiger partial charge is 0.306 e. The Morgan fingerprint density at radius 1 is 1.40 bits per heavy atom.